The minimum absolute atomic E-state index is 0.0390. The van der Waals surface area contributed by atoms with Crippen LogP contribution in [-0.2, 0) is 9.59 Å². The van der Waals surface area contributed by atoms with Gasteiger partial charge in [0.05, 0.1) is 24.6 Å². The number of amides is 2. The van der Waals surface area contributed by atoms with Crippen LogP contribution in [0.2, 0.25) is 0 Å². The summed E-state index contributed by atoms with van der Waals surface area (Å²) < 4.78 is 5.23. The van der Waals surface area contributed by atoms with E-state index in [4.69, 9.17) is 4.74 Å². The average molecular weight is 316 g/mol. The van der Waals surface area contributed by atoms with E-state index in [9.17, 15) is 9.59 Å². The number of rotatable bonds is 5. The number of methoxy groups -OCH3 is 1. The van der Waals surface area contributed by atoms with Crippen LogP contribution in [0.4, 0.5) is 5.69 Å². The molecule has 0 spiro atoms. The van der Waals surface area contributed by atoms with Crippen molar-refractivity contribution in [3.8, 4) is 5.75 Å². The van der Waals surface area contributed by atoms with E-state index in [0.29, 0.717) is 23.9 Å². The number of hydrogen-bond acceptors (Lipinski definition) is 3. The highest BCUT2D eigenvalue weighted by Gasteiger charge is 2.48. The van der Waals surface area contributed by atoms with Gasteiger partial charge < -0.3 is 15.4 Å². The van der Waals surface area contributed by atoms with Crippen LogP contribution >= 0.6 is 0 Å². The van der Waals surface area contributed by atoms with E-state index >= 15 is 0 Å². The van der Waals surface area contributed by atoms with Crippen molar-refractivity contribution >= 4 is 17.5 Å². The Kier molecular flexibility index (Phi) is 4.84. The lowest BCUT2D eigenvalue weighted by Crippen LogP contribution is -2.37. The second kappa shape index (κ2) is 7.02. The number of hydrogen-bond donors (Lipinski definition) is 2. The van der Waals surface area contributed by atoms with Crippen LogP contribution in [0, 0.1) is 11.8 Å². The van der Waals surface area contributed by atoms with Crippen LogP contribution in [0.15, 0.2) is 24.3 Å². The van der Waals surface area contributed by atoms with Crippen molar-refractivity contribution in [2.24, 2.45) is 11.8 Å². The molecule has 2 aliphatic carbocycles. The van der Waals surface area contributed by atoms with E-state index in [0.717, 1.165) is 12.8 Å². The van der Waals surface area contributed by atoms with Crippen molar-refractivity contribution in [3.63, 3.8) is 0 Å². The number of benzene rings is 1. The third-order valence-corrected chi connectivity index (χ3v) is 4.78. The molecule has 0 aromatic heterocycles. The van der Waals surface area contributed by atoms with Crippen molar-refractivity contribution in [3.05, 3.63) is 24.3 Å². The fourth-order valence-electron chi connectivity index (χ4n) is 3.30. The number of nitrogens with one attached hydrogen (secondary N) is 2. The standard InChI is InChI=1S/C18H24N2O3/c1-23-16-10-6-5-9-15(16)20-18(22)14-11-13(14)17(21)19-12-7-3-2-4-8-12/h5-6,9-10,12-14H,2-4,7-8,11H2,1H3,(H,19,21)(H,20,22). The SMILES string of the molecule is COc1ccccc1NC(=O)C1CC1C(=O)NC1CCCCC1. The molecule has 0 aliphatic heterocycles. The van der Waals surface area contributed by atoms with Crippen molar-refractivity contribution in [1.82, 2.24) is 5.32 Å². The molecule has 0 bridgehead atoms. The Balaban J connectivity index is 1.51. The first-order chi connectivity index (χ1) is 11.2. The molecule has 0 radical (unpaired) electrons. The highest BCUT2D eigenvalue weighted by Crippen LogP contribution is 2.40. The van der Waals surface area contributed by atoms with Gasteiger partial charge in [-0.3, -0.25) is 9.59 Å². The van der Waals surface area contributed by atoms with Crippen LogP contribution in [0.3, 0.4) is 0 Å². The lowest BCUT2D eigenvalue weighted by Gasteiger charge is -2.22. The highest BCUT2D eigenvalue weighted by atomic mass is 16.5. The molecule has 3 rings (SSSR count). The van der Waals surface area contributed by atoms with Crippen molar-refractivity contribution in [2.45, 2.75) is 44.6 Å². The molecule has 2 atom stereocenters. The number of ether oxygens (including phenoxy) is 1. The van der Waals surface area contributed by atoms with Crippen molar-refractivity contribution in [1.29, 1.82) is 0 Å². The number of carbonyl (C=O) groups is 2. The smallest absolute Gasteiger partial charge is 0.228 e. The Hall–Kier alpha value is -2.04. The summed E-state index contributed by atoms with van der Waals surface area (Å²) in [4.78, 5) is 24.6. The van der Waals surface area contributed by atoms with E-state index in [-0.39, 0.29) is 23.7 Å². The Labute approximate surface area is 136 Å². The quantitative estimate of drug-likeness (QED) is 0.877. The summed E-state index contributed by atoms with van der Waals surface area (Å²) in [7, 11) is 1.57. The molecule has 2 amide bonds. The maximum Gasteiger partial charge on any atom is 0.228 e. The highest BCUT2D eigenvalue weighted by molar-refractivity contribution is 6.00. The summed E-state index contributed by atoms with van der Waals surface area (Å²) in [6.45, 7) is 0. The summed E-state index contributed by atoms with van der Waals surface area (Å²) in [6.07, 6.45) is 6.41. The third-order valence-electron chi connectivity index (χ3n) is 4.78. The molecule has 0 saturated heterocycles. The Morgan fingerprint density at radius 2 is 1.74 bits per heavy atom. The zero-order chi connectivity index (χ0) is 16.2. The van der Waals surface area contributed by atoms with Gasteiger partial charge in [0.25, 0.3) is 0 Å². The monoisotopic (exact) mass is 316 g/mol. The topological polar surface area (TPSA) is 67.4 Å². The molecular formula is C18H24N2O3. The number of para-hydroxylation sites is 2. The van der Waals surface area contributed by atoms with Gasteiger partial charge in [0.2, 0.25) is 11.8 Å². The summed E-state index contributed by atoms with van der Waals surface area (Å²) in [5.74, 6) is 0.176. The first-order valence-electron chi connectivity index (χ1n) is 8.43. The molecule has 2 aliphatic rings. The predicted octanol–water partition coefficient (Wildman–Crippen LogP) is 2.72. The second-order valence-electron chi connectivity index (χ2n) is 6.48. The third kappa shape index (κ3) is 3.84. The van der Waals surface area contributed by atoms with Gasteiger partial charge in [0.1, 0.15) is 5.75 Å². The molecule has 23 heavy (non-hydrogen) atoms. The van der Waals surface area contributed by atoms with Crippen LogP contribution in [0.1, 0.15) is 38.5 Å². The van der Waals surface area contributed by atoms with Gasteiger partial charge in [-0.1, -0.05) is 31.4 Å². The lowest BCUT2D eigenvalue weighted by molar-refractivity contribution is -0.126. The van der Waals surface area contributed by atoms with Crippen molar-refractivity contribution in [2.75, 3.05) is 12.4 Å². The lowest BCUT2D eigenvalue weighted by atomic mass is 9.95. The van der Waals surface area contributed by atoms with Gasteiger partial charge in [-0.25, -0.2) is 0 Å². The molecular weight excluding hydrogens is 292 g/mol. The minimum atomic E-state index is -0.219. The Morgan fingerprint density at radius 3 is 2.48 bits per heavy atom. The summed E-state index contributed by atoms with van der Waals surface area (Å²) in [5, 5.41) is 5.98. The van der Waals surface area contributed by atoms with E-state index < -0.39 is 0 Å². The summed E-state index contributed by atoms with van der Waals surface area (Å²) in [6, 6.07) is 7.60. The van der Waals surface area contributed by atoms with Crippen LogP contribution < -0.4 is 15.4 Å². The zero-order valence-corrected chi connectivity index (χ0v) is 13.5. The van der Waals surface area contributed by atoms with Gasteiger partial charge in [0.15, 0.2) is 0 Å². The predicted molar refractivity (Wildman–Crippen MR) is 88.2 cm³/mol. The molecule has 5 heteroatoms. The molecule has 2 unspecified atom stereocenters. The van der Waals surface area contributed by atoms with E-state index in [2.05, 4.69) is 10.6 Å². The van der Waals surface area contributed by atoms with E-state index in [1.54, 1.807) is 19.2 Å². The first-order valence-corrected chi connectivity index (χ1v) is 8.43. The second-order valence-corrected chi connectivity index (χ2v) is 6.48. The van der Waals surface area contributed by atoms with Gasteiger partial charge >= 0.3 is 0 Å². The van der Waals surface area contributed by atoms with Gasteiger partial charge in [-0.15, -0.1) is 0 Å². The fraction of sp³-hybridized carbons (Fsp3) is 0.556. The van der Waals surface area contributed by atoms with Crippen LogP contribution in [0.5, 0.6) is 5.75 Å². The Bertz CT molecular complexity index is 581. The maximum absolute atomic E-state index is 12.3. The zero-order valence-electron chi connectivity index (χ0n) is 13.5. The minimum Gasteiger partial charge on any atom is -0.495 e. The number of anilines is 1. The summed E-state index contributed by atoms with van der Waals surface area (Å²) >= 11 is 0. The molecule has 2 saturated carbocycles. The molecule has 5 nitrogen and oxygen atoms in total. The van der Waals surface area contributed by atoms with E-state index in [1.807, 2.05) is 12.1 Å². The van der Waals surface area contributed by atoms with Crippen LogP contribution in [0.25, 0.3) is 0 Å². The summed E-state index contributed by atoms with van der Waals surface area (Å²) in [5.41, 5.74) is 0.651. The maximum atomic E-state index is 12.3. The molecule has 1 aromatic carbocycles. The largest absolute Gasteiger partial charge is 0.495 e. The number of carbonyl (C=O) groups excluding carboxylic acids is 2. The first kappa shape index (κ1) is 15.8. The molecule has 2 N–H and O–H groups in total. The fourth-order valence-corrected chi connectivity index (χ4v) is 3.30. The Morgan fingerprint density at radius 1 is 1.04 bits per heavy atom. The van der Waals surface area contributed by atoms with Gasteiger partial charge in [0, 0.05) is 6.04 Å². The molecule has 124 valence electrons. The van der Waals surface area contributed by atoms with Gasteiger partial charge in [-0.2, -0.15) is 0 Å². The normalized spacial score (nSPS) is 23.9. The van der Waals surface area contributed by atoms with Crippen LogP contribution in [-0.4, -0.2) is 25.0 Å². The van der Waals surface area contributed by atoms with Gasteiger partial charge in [-0.05, 0) is 31.4 Å². The average Bonchev–Trinajstić information content (AvgIpc) is 3.37. The molecule has 2 fully saturated rings. The molecule has 0 heterocycles. The molecule has 1 aromatic rings. The van der Waals surface area contributed by atoms with E-state index in [1.165, 1.54) is 19.3 Å². The van der Waals surface area contributed by atoms with Crippen molar-refractivity contribution < 1.29 is 14.3 Å².